The molecular formula is C23H31N3O3S. The van der Waals surface area contributed by atoms with Gasteiger partial charge in [-0.1, -0.05) is 43.9 Å². The summed E-state index contributed by atoms with van der Waals surface area (Å²) in [6.07, 6.45) is 6.33. The molecule has 0 saturated heterocycles. The molecule has 0 unspecified atom stereocenters. The third kappa shape index (κ3) is 6.55. The van der Waals surface area contributed by atoms with E-state index in [4.69, 9.17) is 4.74 Å². The zero-order valence-corrected chi connectivity index (χ0v) is 18.6. The lowest BCUT2D eigenvalue weighted by atomic mass is 9.90. The molecule has 162 valence electrons. The predicted molar refractivity (Wildman–Crippen MR) is 119 cm³/mol. The molecule has 1 fully saturated rings. The summed E-state index contributed by atoms with van der Waals surface area (Å²) < 4.78 is 5.75. The number of nitrogens with zero attached hydrogens (tertiary/aromatic N) is 1. The second-order valence-electron chi connectivity index (χ2n) is 7.87. The Morgan fingerprint density at radius 3 is 2.53 bits per heavy atom. The van der Waals surface area contributed by atoms with E-state index in [0.717, 1.165) is 49.3 Å². The van der Waals surface area contributed by atoms with Crippen molar-refractivity contribution < 1.29 is 14.3 Å². The van der Waals surface area contributed by atoms with Crippen molar-refractivity contribution in [1.29, 1.82) is 0 Å². The van der Waals surface area contributed by atoms with Gasteiger partial charge < -0.3 is 15.4 Å². The quantitative estimate of drug-likeness (QED) is 0.620. The van der Waals surface area contributed by atoms with E-state index in [1.807, 2.05) is 31.2 Å². The molecular weight excluding hydrogens is 398 g/mol. The molecule has 1 saturated carbocycles. The van der Waals surface area contributed by atoms with Gasteiger partial charge in [-0.05, 0) is 38.3 Å². The molecule has 1 heterocycles. The highest BCUT2D eigenvalue weighted by atomic mass is 32.1. The van der Waals surface area contributed by atoms with Crippen molar-refractivity contribution in [2.45, 2.75) is 77.5 Å². The van der Waals surface area contributed by atoms with Crippen LogP contribution in [0.15, 0.2) is 29.6 Å². The second kappa shape index (κ2) is 11.1. The molecule has 0 bridgehead atoms. The number of aromatic nitrogens is 1. The molecule has 2 aromatic rings. The molecule has 1 aliphatic rings. The molecule has 2 N–H and O–H groups in total. The summed E-state index contributed by atoms with van der Waals surface area (Å²) >= 11 is 1.42. The van der Waals surface area contributed by atoms with Gasteiger partial charge in [-0.2, -0.15) is 0 Å². The smallest absolute Gasteiger partial charge is 0.271 e. The van der Waals surface area contributed by atoms with Crippen LogP contribution < -0.4 is 15.4 Å². The number of unbranched alkanes of at least 4 members (excludes halogenated alkanes) is 1. The Morgan fingerprint density at radius 2 is 1.83 bits per heavy atom. The minimum absolute atomic E-state index is 0.00460. The molecule has 0 aliphatic heterocycles. The fraction of sp³-hybridized carbons (Fsp3) is 0.522. The standard InChI is InChI=1S/C23H31N3O3S/c1-3-4-9-21(27)24-18-7-5-6-8-19(18)26-23(28)20-15-30-22(25-20)14-29-17-12-10-16(2)11-13-17/h10-13,15,18-19H,3-9,14H2,1-2H3,(H,24,27)(H,26,28)/t18-,19-/m1/s1. The van der Waals surface area contributed by atoms with Crippen LogP contribution in [-0.4, -0.2) is 28.9 Å². The van der Waals surface area contributed by atoms with Crippen molar-refractivity contribution in [3.05, 3.63) is 45.9 Å². The van der Waals surface area contributed by atoms with Gasteiger partial charge in [0.1, 0.15) is 23.1 Å². The number of carbonyl (C=O) groups is 2. The summed E-state index contributed by atoms with van der Waals surface area (Å²) in [6, 6.07) is 7.79. The van der Waals surface area contributed by atoms with Crippen molar-refractivity contribution in [2.75, 3.05) is 0 Å². The highest BCUT2D eigenvalue weighted by Gasteiger charge is 2.28. The molecule has 1 aliphatic carbocycles. The lowest BCUT2D eigenvalue weighted by molar-refractivity contribution is -0.122. The van der Waals surface area contributed by atoms with E-state index in [1.165, 1.54) is 16.9 Å². The Morgan fingerprint density at radius 1 is 1.13 bits per heavy atom. The Bertz CT molecular complexity index is 834. The number of hydrogen-bond donors (Lipinski definition) is 2. The molecule has 3 rings (SSSR count). The van der Waals surface area contributed by atoms with Crippen LogP contribution >= 0.6 is 11.3 Å². The Labute approximate surface area is 182 Å². The first kappa shape index (κ1) is 22.3. The molecule has 0 radical (unpaired) electrons. The van der Waals surface area contributed by atoms with Crippen LogP contribution in [0.4, 0.5) is 0 Å². The van der Waals surface area contributed by atoms with Crippen LogP contribution in [0.2, 0.25) is 0 Å². The molecule has 30 heavy (non-hydrogen) atoms. The molecule has 7 heteroatoms. The summed E-state index contributed by atoms with van der Waals surface area (Å²) in [5.41, 5.74) is 1.59. The maximum absolute atomic E-state index is 12.7. The lowest BCUT2D eigenvalue weighted by Crippen LogP contribution is -2.53. The van der Waals surface area contributed by atoms with Crippen molar-refractivity contribution >= 4 is 23.2 Å². The van der Waals surface area contributed by atoms with Gasteiger partial charge in [0.2, 0.25) is 5.91 Å². The first-order valence-corrected chi connectivity index (χ1v) is 11.7. The van der Waals surface area contributed by atoms with Crippen LogP contribution in [0.3, 0.4) is 0 Å². The average molecular weight is 430 g/mol. The average Bonchev–Trinajstić information content (AvgIpc) is 3.22. The monoisotopic (exact) mass is 429 g/mol. The van der Waals surface area contributed by atoms with E-state index < -0.39 is 0 Å². The minimum atomic E-state index is -0.187. The van der Waals surface area contributed by atoms with Crippen LogP contribution in [0.5, 0.6) is 5.75 Å². The summed E-state index contributed by atoms with van der Waals surface area (Å²) in [5, 5.41) is 8.73. The number of benzene rings is 1. The highest BCUT2D eigenvalue weighted by Crippen LogP contribution is 2.20. The summed E-state index contributed by atoms with van der Waals surface area (Å²) in [5.74, 6) is 0.672. The molecule has 1 aromatic carbocycles. The topological polar surface area (TPSA) is 80.3 Å². The van der Waals surface area contributed by atoms with Gasteiger partial charge in [-0.25, -0.2) is 4.98 Å². The number of ether oxygens (including phenoxy) is 1. The first-order chi connectivity index (χ1) is 14.5. The van der Waals surface area contributed by atoms with Crippen LogP contribution in [0, 0.1) is 6.92 Å². The summed E-state index contributed by atoms with van der Waals surface area (Å²) in [6.45, 7) is 4.44. The molecule has 2 atom stereocenters. The maximum Gasteiger partial charge on any atom is 0.271 e. The molecule has 6 nitrogen and oxygen atoms in total. The van der Waals surface area contributed by atoms with Crippen molar-refractivity contribution in [2.24, 2.45) is 0 Å². The number of nitrogens with one attached hydrogen (secondary N) is 2. The Balaban J connectivity index is 1.52. The van der Waals surface area contributed by atoms with Gasteiger partial charge in [0.15, 0.2) is 0 Å². The van der Waals surface area contributed by atoms with Crippen molar-refractivity contribution in [3.8, 4) is 5.75 Å². The largest absolute Gasteiger partial charge is 0.486 e. The Hall–Kier alpha value is -2.41. The zero-order valence-electron chi connectivity index (χ0n) is 17.8. The number of amides is 2. The maximum atomic E-state index is 12.7. The molecule has 2 amide bonds. The summed E-state index contributed by atoms with van der Waals surface area (Å²) in [4.78, 5) is 29.3. The highest BCUT2D eigenvalue weighted by molar-refractivity contribution is 7.09. The fourth-order valence-corrected chi connectivity index (χ4v) is 4.28. The van der Waals surface area contributed by atoms with E-state index in [0.29, 0.717) is 18.7 Å². The predicted octanol–water partition coefficient (Wildman–Crippen LogP) is 4.38. The van der Waals surface area contributed by atoms with Crippen LogP contribution in [0.1, 0.15) is 72.9 Å². The van der Waals surface area contributed by atoms with E-state index in [-0.39, 0.29) is 23.9 Å². The summed E-state index contributed by atoms with van der Waals surface area (Å²) in [7, 11) is 0. The number of hydrogen-bond acceptors (Lipinski definition) is 5. The first-order valence-electron chi connectivity index (χ1n) is 10.8. The number of aryl methyl sites for hydroxylation is 1. The normalized spacial score (nSPS) is 18.6. The number of rotatable bonds is 9. The van der Waals surface area contributed by atoms with Gasteiger partial charge in [0.05, 0.1) is 0 Å². The number of thiazole rings is 1. The van der Waals surface area contributed by atoms with Gasteiger partial charge in [-0.15, -0.1) is 11.3 Å². The minimum Gasteiger partial charge on any atom is -0.486 e. The van der Waals surface area contributed by atoms with E-state index in [2.05, 4.69) is 22.5 Å². The van der Waals surface area contributed by atoms with E-state index in [1.54, 1.807) is 5.38 Å². The van der Waals surface area contributed by atoms with Gasteiger partial charge >= 0.3 is 0 Å². The molecule has 0 spiro atoms. The van der Waals surface area contributed by atoms with Crippen molar-refractivity contribution in [3.63, 3.8) is 0 Å². The SMILES string of the molecule is CCCCC(=O)N[C@@H]1CCCC[C@H]1NC(=O)c1csc(COc2ccc(C)cc2)n1. The van der Waals surface area contributed by atoms with Gasteiger partial charge in [0, 0.05) is 23.9 Å². The van der Waals surface area contributed by atoms with Crippen LogP contribution in [-0.2, 0) is 11.4 Å². The third-order valence-electron chi connectivity index (χ3n) is 5.35. The van der Waals surface area contributed by atoms with Crippen LogP contribution in [0.25, 0.3) is 0 Å². The second-order valence-corrected chi connectivity index (χ2v) is 8.81. The van der Waals surface area contributed by atoms with Gasteiger partial charge in [-0.3, -0.25) is 9.59 Å². The van der Waals surface area contributed by atoms with Crippen molar-refractivity contribution in [1.82, 2.24) is 15.6 Å². The Kier molecular flexibility index (Phi) is 8.25. The lowest BCUT2D eigenvalue weighted by Gasteiger charge is -2.32. The molecule has 1 aromatic heterocycles. The van der Waals surface area contributed by atoms with E-state index in [9.17, 15) is 9.59 Å². The van der Waals surface area contributed by atoms with Gasteiger partial charge in [0.25, 0.3) is 5.91 Å². The fourth-order valence-electron chi connectivity index (χ4n) is 3.60. The number of carbonyl (C=O) groups excluding carboxylic acids is 2. The zero-order chi connectivity index (χ0) is 21.3. The van der Waals surface area contributed by atoms with E-state index >= 15 is 0 Å². The third-order valence-corrected chi connectivity index (χ3v) is 6.18.